The molecule has 0 radical (unpaired) electrons. The summed E-state index contributed by atoms with van der Waals surface area (Å²) >= 11 is 0. The van der Waals surface area contributed by atoms with Gasteiger partial charge in [0.2, 0.25) is 0 Å². The molecule has 1 aliphatic carbocycles. The molecule has 5 rings (SSSR count). The molecule has 0 bridgehead atoms. The van der Waals surface area contributed by atoms with E-state index in [0.29, 0.717) is 0 Å². The Balaban J connectivity index is 1.14. The number of carbonyl (C=O) groups excluding carboxylic acids is 1. The Hall–Kier alpha value is -2.67. The topological polar surface area (TPSA) is 70.6 Å². The summed E-state index contributed by atoms with van der Waals surface area (Å²) in [5.74, 6) is 1.00. The molecule has 1 amide bonds. The third-order valence-corrected chi connectivity index (χ3v) is 6.72. The summed E-state index contributed by atoms with van der Waals surface area (Å²) in [7, 11) is 0. The normalized spacial score (nSPS) is 19.7. The van der Waals surface area contributed by atoms with Crippen LogP contribution in [0.1, 0.15) is 47.3 Å². The third kappa shape index (κ3) is 4.66. The molecule has 1 aromatic heterocycles. The number of hydrogen-bond donors (Lipinski definition) is 1. The van der Waals surface area contributed by atoms with Gasteiger partial charge in [0.15, 0.2) is 5.82 Å². The number of benzene rings is 1. The molecule has 2 fully saturated rings. The highest BCUT2D eigenvalue weighted by Gasteiger charge is 2.23. The first kappa shape index (κ1) is 20.2. The number of piperidine rings is 1. The van der Waals surface area contributed by atoms with Crippen LogP contribution < -0.4 is 15.1 Å². The van der Waals surface area contributed by atoms with E-state index in [-0.39, 0.29) is 11.9 Å². The third-order valence-electron chi connectivity index (χ3n) is 6.72. The number of amides is 1. The Labute approximate surface area is 183 Å². The van der Waals surface area contributed by atoms with E-state index in [9.17, 15) is 4.79 Å². The van der Waals surface area contributed by atoms with Crippen molar-refractivity contribution >= 4 is 17.4 Å². The van der Waals surface area contributed by atoms with Crippen molar-refractivity contribution < 1.29 is 9.53 Å². The van der Waals surface area contributed by atoms with Crippen molar-refractivity contribution in [2.45, 2.75) is 44.6 Å². The molecule has 1 aromatic carbocycles. The first-order valence-electron chi connectivity index (χ1n) is 11.6. The quantitative estimate of drug-likeness (QED) is 0.818. The van der Waals surface area contributed by atoms with Crippen LogP contribution in [0.25, 0.3) is 0 Å². The van der Waals surface area contributed by atoms with E-state index in [2.05, 4.69) is 31.4 Å². The minimum atomic E-state index is 0.0144. The molecule has 2 aromatic rings. The molecule has 7 heteroatoms. The van der Waals surface area contributed by atoms with Crippen LogP contribution in [0.5, 0.6) is 0 Å². The number of hydrogen-bond acceptors (Lipinski definition) is 6. The summed E-state index contributed by atoms with van der Waals surface area (Å²) < 4.78 is 5.41. The highest BCUT2D eigenvalue weighted by atomic mass is 16.5. The Morgan fingerprint density at radius 2 is 1.68 bits per heavy atom. The van der Waals surface area contributed by atoms with Gasteiger partial charge in [-0.05, 0) is 74.4 Å². The average molecular weight is 422 g/mol. The summed E-state index contributed by atoms with van der Waals surface area (Å²) in [5, 5.41) is 12.2. The maximum atomic E-state index is 12.7. The summed E-state index contributed by atoms with van der Waals surface area (Å²) in [6, 6.07) is 10.4. The Morgan fingerprint density at radius 3 is 2.45 bits per heavy atom. The smallest absolute Gasteiger partial charge is 0.251 e. The number of nitrogens with zero attached hydrogens (tertiary/aromatic N) is 4. The van der Waals surface area contributed by atoms with Crippen molar-refractivity contribution in [2.24, 2.45) is 0 Å². The van der Waals surface area contributed by atoms with Gasteiger partial charge in [-0.15, -0.1) is 5.10 Å². The van der Waals surface area contributed by atoms with Gasteiger partial charge in [-0.3, -0.25) is 4.79 Å². The van der Waals surface area contributed by atoms with E-state index in [0.717, 1.165) is 82.1 Å². The number of aromatic nitrogens is 2. The molecule has 0 atom stereocenters. The highest BCUT2D eigenvalue weighted by Crippen LogP contribution is 2.24. The monoisotopic (exact) mass is 421 g/mol. The van der Waals surface area contributed by atoms with E-state index in [1.165, 1.54) is 24.1 Å². The van der Waals surface area contributed by atoms with Crippen molar-refractivity contribution in [2.75, 3.05) is 49.2 Å². The molecule has 3 aliphatic rings. The van der Waals surface area contributed by atoms with Crippen LogP contribution >= 0.6 is 0 Å². The molecule has 31 heavy (non-hydrogen) atoms. The fourth-order valence-corrected chi connectivity index (χ4v) is 4.80. The first-order valence-corrected chi connectivity index (χ1v) is 11.6. The van der Waals surface area contributed by atoms with Gasteiger partial charge in [-0.25, -0.2) is 0 Å². The number of aryl methyl sites for hydroxylation is 2. The molecular weight excluding hydrogens is 390 g/mol. The summed E-state index contributed by atoms with van der Waals surface area (Å²) in [6.07, 6.45) is 6.51. The van der Waals surface area contributed by atoms with Gasteiger partial charge in [-0.2, -0.15) is 5.10 Å². The maximum Gasteiger partial charge on any atom is 0.251 e. The average Bonchev–Trinajstić information content (AvgIpc) is 2.85. The minimum Gasteiger partial charge on any atom is -0.378 e. The van der Waals surface area contributed by atoms with Gasteiger partial charge in [0.25, 0.3) is 5.91 Å². The molecule has 0 saturated carbocycles. The number of rotatable bonds is 4. The van der Waals surface area contributed by atoms with Crippen LogP contribution in [0.4, 0.5) is 11.5 Å². The van der Waals surface area contributed by atoms with Gasteiger partial charge in [-0.1, -0.05) is 0 Å². The van der Waals surface area contributed by atoms with E-state index in [1.54, 1.807) is 0 Å². The zero-order valence-electron chi connectivity index (χ0n) is 18.1. The number of nitrogens with one attached hydrogen (secondary N) is 1. The van der Waals surface area contributed by atoms with Gasteiger partial charge in [0.05, 0.1) is 18.9 Å². The van der Waals surface area contributed by atoms with Crippen LogP contribution in [0, 0.1) is 0 Å². The molecule has 2 saturated heterocycles. The number of anilines is 2. The first-order chi connectivity index (χ1) is 15.3. The lowest BCUT2D eigenvalue weighted by molar-refractivity contribution is 0.0931. The van der Waals surface area contributed by atoms with Crippen molar-refractivity contribution in [3.8, 4) is 0 Å². The second kappa shape index (κ2) is 9.22. The number of ether oxygens (including phenoxy) is 1. The van der Waals surface area contributed by atoms with Crippen LogP contribution in [0.3, 0.4) is 0 Å². The number of morpholine rings is 1. The van der Waals surface area contributed by atoms with E-state index >= 15 is 0 Å². The summed E-state index contributed by atoms with van der Waals surface area (Å²) in [4.78, 5) is 17.3. The molecule has 0 unspecified atom stereocenters. The fourth-order valence-electron chi connectivity index (χ4n) is 4.80. The summed E-state index contributed by atoms with van der Waals surface area (Å²) in [6.45, 7) is 5.12. The van der Waals surface area contributed by atoms with Crippen LogP contribution in [0.2, 0.25) is 0 Å². The Morgan fingerprint density at radius 1 is 0.935 bits per heavy atom. The molecule has 7 nitrogen and oxygen atoms in total. The predicted molar refractivity (Wildman–Crippen MR) is 121 cm³/mol. The molecule has 164 valence electrons. The van der Waals surface area contributed by atoms with Crippen LogP contribution in [-0.4, -0.2) is 61.5 Å². The Bertz CT molecular complexity index is 903. The molecule has 2 aliphatic heterocycles. The lowest BCUT2D eigenvalue weighted by atomic mass is 9.96. The zero-order valence-corrected chi connectivity index (χ0v) is 18.1. The zero-order chi connectivity index (χ0) is 21.0. The fraction of sp³-hybridized carbons (Fsp3) is 0.542. The number of fused-ring (bicyclic) bond motifs is 1. The molecule has 3 heterocycles. The number of carbonyl (C=O) groups is 1. The predicted octanol–water partition coefficient (Wildman–Crippen LogP) is 2.59. The second-order valence-corrected chi connectivity index (χ2v) is 8.76. The Kier molecular flexibility index (Phi) is 6.02. The minimum absolute atomic E-state index is 0.0144. The van der Waals surface area contributed by atoms with E-state index < -0.39 is 0 Å². The lowest BCUT2D eigenvalue weighted by Crippen LogP contribution is -2.45. The van der Waals surface area contributed by atoms with Gasteiger partial charge < -0.3 is 19.9 Å². The summed E-state index contributed by atoms with van der Waals surface area (Å²) in [5.41, 5.74) is 4.42. The van der Waals surface area contributed by atoms with Crippen molar-refractivity contribution in [3.05, 3.63) is 47.2 Å². The van der Waals surface area contributed by atoms with Crippen LogP contribution in [0.15, 0.2) is 30.3 Å². The van der Waals surface area contributed by atoms with E-state index in [4.69, 9.17) is 4.74 Å². The highest BCUT2D eigenvalue weighted by molar-refractivity contribution is 5.94. The molecule has 0 spiro atoms. The standard InChI is InChI=1S/C24H31N5O2/c30-24(18-5-7-21(8-6-18)28-13-15-31-16-14-28)25-20-9-11-29(12-10-20)23-17-19-3-1-2-4-22(19)26-27-23/h5-8,17,20H,1-4,9-16H2,(H,25,30). The second-order valence-electron chi connectivity index (χ2n) is 8.76. The van der Waals surface area contributed by atoms with Gasteiger partial charge in [0, 0.05) is 43.5 Å². The van der Waals surface area contributed by atoms with Gasteiger partial charge >= 0.3 is 0 Å². The van der Waals surface area contributed by atoms with Crippen molar-refractivity contribution in [1.82, 2.24) is 15.5 Å². The van der Waals surface area contributed by atoms with E-state index in [1.807, 2.05) is 24.3 Å². The SMILES string of the molecule is O=C(NC1CCN(c2cc3c(nn2)CCCC3)CC1)c1ccc(N2CCOCC2)cc1. The van der Waals surface area contributed by atoms with Crippen molar-refractivity contribution in [1.29, 1.82) is 0 Å². The van der Waals surface area contributed by atoms with Gasteiger partial charge in [0.1, 0.15) is 0 Å². The van der Waals surface area contributed by atoms with Crippen LogP contribution in [-0.2, 0) is 17.6 Å². The van der Waals surface area contributed by atoms with Crippen molar-refractivity contribution in [3.63, 3.8) is 0 Å². The molecular formula is C24H31N5O2. The largest absolute Gasteiger partial charge is 0.378 e. The molecule has 1 N–H and O–H groups in total. The lowest BCUT2D eigenvalue weighted by Gasteiger charge is -2.33. The maximum absolute atomic E-state index is 12.7.